The lowest BCUT2D eigenvalue weighted by atomic mass is 9.84. The topological polar surface area (TPSA) is 3.24 Å². The van der Waals surface area contributed by atoms with Crippen LogP contribution in [0.15, 0.2) is 30.3 Å². The van der Waals surface area contributed by atoms with Gasteiger partial charge in [0.05, 0.1) is 0 Å². The smallest absolute Gasteiger partial charge is 0.0366 e. The fourth-order valence-electron chi connectivity index (χ4n) is 3.66. The number of para-hydroxylation sites is 1. The Kier molecular flexibility index (Phi) is 2.62. The van der Waals surface area contributed by atoms with Crippen LogP contribution in [0.1, 0.15) is 32.1 Å². The summed E-state index contributed by atoms with van der Waals surface area (Å²) in [5.74, 6) is 2.05. The van der Waals surface area contributed by atoms with Crippen LogP contribution in [0.25, 0.3) is 0 Å². The lowest BCUT2D eigenvalue weighted by Gasteiger charge is -2.36. The van der Waals surface area contributed by atoms with E-state index in [9.17, 15) is 0 Å². The minimum Gasteiger partial charge on any atom is -0.372 e. The molecule has 0 saturated heterocycles. The van der Waals surface area contributed by atoms with Gasteiger partial charge in [-0.15, -0.1) is 0 Å². The molecule has 0 amide bonds. The van der Waals surface area contributed by atoms with E-state index in [1.54, 1.807) is 0 Å². The Labute approximate surface area is 98.5 Å². The highest BCUT2D eigenvalue weighted by molar-refractivity contribution is 5.46. The molecular weight excluding hydrogens is 194 g/mol. The standard InChI is InChI=1S/C15H21N/c1-16(14-5-3-2-4-6-14)15-10-12-7-8-13(9-12)11-15/h2-6,12-13,15H,7-11H2,1H3/t12-,13+,15?. The molecule has 86 valence electrons. The molecule has 0 radical (unpaired) electrons. The van der Waals surface area contributed by atoms with Gasteiger partial charge < -0.3 is 4.90 Å². The van der Waals surface area contributed by atoms with E-state index in [1.165, 1.54) is 37.8 Å². The van der Waals surface area contributed by atoms with Gasteiger partial charge in [-0.3, -0.25) is 0 Å². The quantitative estimate of drug-likeness (QED) is 0.727. The summed E-state index contributed by atoms with van der Waals surface area (Å²) in [6.45, 7) is 0. The molecule has 1 nitrogen and oxygen atoms in total. The average Bonchev–Trinajstić information content (AvgIpc) is 2.68. The van der Waals surface area contributed by atoms with Crippen molar-refractivity contribution in [1.82, 2.24) is 0 Å². The maximum atomic E-state index is 2.50. The number of hydrogen-bond donors (Lipinski definition) is 0. The summed E-state index contributed by atoms with van der Waals surface area (Å²) in [7, 11) is 2.27. The van der Waals surface area contributed by atoms with Gasteiger partial charge in [-0.1, -0.05) is 31.0 Å². The molecule has 3 atom stereocenters. The first-order valence-corrected chi connectivity index (χ1v) is 6.61. The Morgan fingerprint density at radius 2 is 1.56 bits per heavy atom. The molecule has 2 aliphatic carbocycles. The molecule has 1 aromatic rings. The van der Waals surface area contributed by atoms with Gasteiger partial charge in [0.1, 0.15) is 0 Å². The molecule has 16 heavy (non-hydrogen) atoms. The van der Waals surface area contributed by atoms with E-state index in [2.05, 4.69) is 42.3 Å². The molecule has 0 spiro atoms. The summed E-state index contributed by atoms with van der Waals surface area (Å²) in [4.78, 5) is 2.50. The number of hydrogen-bond acceptors (Lipinski definition) is 1. The average molecular weight is 215 g/mol. The summed E-state index contributed by atoms with van der Waals surface area (Å²) in [5, 5.41) is 0. The molecule has 0 heterocycles. The number of fused-ring (bicyclic) bond motifs is 2. The molecule has 2 saturated carbocycles. The summed E-state index contributed by atoms with van der Waals surface area (Å²) < 4.78 is 0. The SMILES string of the molecule is CN(c1ccccc1)C1C[C@H]2CC[C@@H](C1)C2. The Bertz CT molecular complexity index is 334. The van der Waals surface area contributed by atoms with Crippen molar-refractivity contribution in [3.05, 3.63) is 30.3 Å². The highest BCUT2D eigenvalue weighted by Gasteiger charge is 2.35. The molecule has 1 heteroatoms. The van der Waals surface area contributed by atoms with Crippen LogP contribution >= 0.6 is 0 Å². The molecule has 0 aliphatic heterocycles. The maximum absolute atomic E-state index is 2.50. The van der Waals surface area contributed by atoms with Crippen molar-refractivity contribution in [1.29, 1.82) is 0 Å². The summed E-state index contributed by atoms with van der Waals surface area (Å²) in [6.07, 6.45) is 7.33. The van der Waals surface area contributed by atoms with Gasteiger partial charge in [-0.25, -0.2) is 0 Å². The molecular formula is C15H21N. The second-order valence-corrected chi connectivity index (χ2v) is 5.62. The number of rotatable bonds is 2. The maximum Gasteiger partial charge on any atom is 0.0366 e. The Morgan fingerprint density at radius 3 is 2.19 bits per heavy atom. The van der Waals surface area contributed by atoms with Crippen molar-refractivity contribution >= 4 is 5.69 Å². The van der Waals surface area contributed by atoms with Gasteiger partial charge in [0.25, 0.3) is 0 Å². The number of anilines is 1. The van der Waals surface area contributed by atoms with Crippen molar-refractivity contribution in [2.24, 2.45) is 11.8 Å². The predicted molar refractivity (Wildman–Crippen MR) is 68.7 cm³/mol. The number of nitrogens with zero attached hydrogens (tertiary/aromatic N) is 1. The molecule has 2 fully saturated rings. The third-order valence-electron chi connectivity index (χ3n) is 4.57. The zero-order valence-corrected chi connectivity index (χ0v) is 10.1. The lowest BCUT2D eigenvalue weighted by Crippen LogP contribution is -2.36. The van der Waals surface area contributed by atoms with Gasteiger partial charge in [0.15, 0.2) is 0 Å². The van der Waals surface area contributed by atoms with Crippen LogP contribution < -0.4 is 4.90 Å². The fourth-order valence-corrected chi connectivity index (χ4v) is 3.66. The van der Waals surface area contributed by atoms with Crippen LogP contribution in [0.3, 0.4) is 0 Å². The van der Waals surface area contributed by atoms with E-state index in [0.717, 1.165) is 17.9 Å². The van der Waals surface area contributed by atoms with E-state index >= 15 is 0 Å². The van der Waals surface area contributed by atoms with E-state index in [4.69, 9.17) is 0 Å². The third kappa shape index (κ3) is 1.83. The van der Waals surface area contributed by atoms with Crippen LogP contribution in [-0.4, -0.2) is 13.1 Å². The first-order valence-electron chi connectivity index (χ1n) is 6.61. The number of benzene rings is 1. The summed E-state index contributed by atoms with van der Waals surface area (Å²) >= 11 is 0. The van der Waals surface area contributed by atoms with Crippen molar-refractivity contribution < 1.29 is 0 Å². The van der Waals surface area contributed by atoms with Crippen molar-refractivity contribution in [3.8, 4) is 0 Å². The third-order valence-corrected chi connectivity index (χ3v) is 4.57. The minimum atomic E-state index is 0.786. The normalized spacial score (nSPS) is 32.7. The van der Waals surface area contributed by atoms with Crippen molar-refractivity contribution in [3.63, 3.8) is 0 Å². The van der Waals surface area contributed by atoms with Gasteiger partial charge in [-0.2, -0.15) is 0 Å². The van der Waals surface area contributed by atoms with Gasteiger partial charge >= 0.3 is 0 Å². The monoisotopic (exact) mass is 215 g/mol. The van der Waals surface area contributed by atoms with Crippen molar-refractivity contribution in [2.45, 2.75) is 38.1 Å². The predicted octanol–water partition coefficient (Wildman–Crippen LogP) is 3.70. The molecule has 2 bridgehead atoms. The molecule has 1 unspecified atom stereocenters. The van der Waals surface area contributed by atoms with E-state index in [-0.39, 0.29) is 0 Å². The second kappa shape index (κ2) is 4.12. The van der Waals surface area contributed by atoms with Crippen LogP contribution in [0.2, 0.25) is 0 Å². The van der Waals surface area contributed by atoms with E-state index < -0.39 is 0 Å². The Morgan fingerprint density at radius 1 is 0.938 bits per heavy atom. The van der Waals surface area contributed by atoms with Gasteiger partial charge in [-0.05, 0) is 43.2 Å². The van der Waals surface area contributed by atoms with Crippen LogP contribution in [-0.2, 0) is 0 Å². The van der Waals surface area contributed by atoms with Crippen LogP contribution in [0, 0.1) is 11.8 Å². The van der Waals surface area contributed by atoms with E-state index in [1.807, 2.05) is 0 Å². The second-order valence-electron chi connectivity index (χ2n) is 5.62. The highest BCUT2D eigenvalue weighted by Crippen LogP contribution is 2.43. The first-order chi connectivity index (χ1) is 7.83. The zero-order valence-electron chi connectivity index (χ0n) is 10.1. The minimum absolute atomic E-state index is 0.786. The van der Waals surface area contributed by atoms with Crippen LogP contribution in [0.5, 0.6) is 0 Å². The van der Waals surface area contributed by atoms with Gasteiger partial charge in [0, 0.05) is 18.8 Å². The Hall–Kier alpha value is -0.980. The molecule has 3 rings (SSSR count). The fraction of sp³-hybridized carbons (Fsp3) is 0.600. The lowest BCUT2D eigenvalue weighted by molar-refractivity contribution is 0.313. The van der Waals surface area contributed by atoms with Crippen molar-refractivity contribution in [2.75, 3.05) is 11.9 Å². The zero-order chi connectivity index (χ0) is 11.0. The molecule has 0 aromatic heterocycles. The van der Waals surface area contributed by atoms with Crippen LogP contribution in [0.4, 0.5) is 5.69 Å². The van der Waals surface area contributed by atoms with Gasteiger partial charge in [0.2, 0.25) is 0 Å². The summed E-state index contributed by atoms with van der Waals surface area (Å²) in [5.41, 5.74) is 1.38. The largest absolute Gasteiger partial charge is 0.372 e. The highest BCUT2D eigenvalue weighted by atomic mass is 15.1. The Balaban J connectivity index is 1.73. The van der Waals surface area contributed by atoms with E-state index in [0.29, 0.717) is 0 Å². The summed E-state index contributed by atoms with van der Waals surface area (Å²) in [6, 6.07) is 11.6. The molecule has 1 aromatic carbocycles. The molecule has 2 aliphatic rings. The molecule has 0 N–H and O–H groups in total. The first kappa shape index (κ1) is 10.2.